The van der Waals surface area contributed by atoms with Crippen LogP contribution in [0.5, 0.6) is 0 Å². The number of likely N-dealkylation sites (tertiary alicyclic amines) is 1. The van der Waals surface area contributed by atoms with Crippen LogP contribution in [0.3, 0.4) is 0 Å². The normalized spacial score (nSPS) is 24.2. The Hall–Kier alpha value is -0.280. The van der Waals surface area contributed by atoms with E-state index in [2.05, 4.69) is 16.5 Å². The summed E-state index contributed by atoms with van der Waals surface area (Å²) in [6.07, 6.45) is 3.53. The highest BCUT2D eigenvalue weighted by Gasteiger charge is 2.30. The van der Waals surface area contributed by atoms with Gasteiger partial charge in [0.15, 0.2) is 0 Å². The molecule has 122 valence electrons. The number of nitrogens with zero attached hydrogens (tertiary/aromatic N) is 2. The van der Waals surface area contributed by atoms with Crippen molar-refractivity contribution in [3.05, 3.63) is 0 Å². The summed E-state index contributed by atoms with van der Waals surface area (Å²) in [5.41, 5.74) is 5.54. The fraction of sp³-hybridized carbons (Fsp3) is 0.923. The monoisotopic (exact) mass is 334 g/mol. The van der Waals surface area contributed by atoms with Crippen molar-refractivity contribution in [2.75, 3.05) is 32.7 Å². The molecule has 0 bridgehead atoms. The molecule has 0 aromatic rings. The van der Waals surface area contributed by atoms with Crippen LogP contribution in [-0.4, -0.2) is 61.4 Å². The molecule has 8 heteroatoms. The van der Waals surface area contributed by atoms with Gasteiger partial charge in [0, 0.05) is 38.8 Å². The average Bonchev–Trinajstić information content (AvgIpc) is 2.40. The van der Waals surface area contributed by atoms with Gasteiger partial charge in [0.25, 0.3) is 10.2 Å². The predicted molar refractivity (Wildman–Crippen MR) is 88.3 cm³/mol. The molecule has 2 heterocycles. The standard InChI is InChI=1S/C13H26N4O2S2/c1-11-2-8-17(9-3-11)21(18,19)15-12-4-6-16(7-5-12)10-13(14)20/h11-12,15H,2-10H2,1H3,(H2,14,20). The van der Waals surface area contributed by atoms with Gasteiger partial charge in [-0.05, 0) is 31.6 Å². The molecule has 0 aromatic carbocycles. The maximum absolute atomic E-state index is 12.4. The first kappa shape index (κ1) is 17.1. The van der Waals surface area contributed by atoms with E-state index < -0.39 is 10.2 Å². The van der Waals surface area contributed by atoms with Gasteiger partial charge in [-0.15, -0.1) is 0 Å². The molecule has 2 aliphatic rings. The molecule has 2 aliphatic heterocycles. The number of nitrogens with one attached hydrogen (secondary N) is 1. The van der Waals surface area contributed by atoms with E-state index in [1.807, 2.05) is 0 Å². The van der Waals surface area contributed by atoms with Crippen molar-refractivity contribution in [2.45, 2.75) is 38.6 Å². The van der Waals surface area contributed by atoms with E-state index in [4.69, 9.17) is 18.0 Å². The Morgan fingerprint density at radius 2 is 1.76 bits per heavy atom. The Labute approximate surface area is 133 Å². The number of hydrogen-bond donors (Lipinski definition) is 2. The van der Waals surface area contributed by atoms with Crippen LogP contribution in [0.15, 0.2) is 0 Å². The van der Waals surface area contributed by atoms with E-state index in [9.17, 15) is 8.42 Å². The number of rotatable bonds is 5. The summed E-state index contributed by atoms with van der Waals surface area (Å²) >= 11 is 4.91. The fourth-order valence-electron chi connectivity index (χ4n) is 2.94. The minimum Gasteiger partial charge on any atom is -0.392 e. The van der Waals surface area contributed by atoms with Gasteiger partial charge in [0.2, 0.25) is 0 Å². The average molecular weight is 335 g/mol. The molecule has 0 saturated carbocycles. The van der Waals surface area contributed by atoms with Crippen molar-refractivity contribution in [2.24, 2.45) is 11.7 Å². The number of thiocarbonyl (C=S) groups is 1. The lowest BCUT2D eigenvalue weighted by Gasteiger charge is -2.34. The van der Waals surface area contributed by atoms with Crippen molar-refractivity contribution in [1.29, 1.82) is 0 Å². The molecule has 2 fully saturated rings. The van der Waals surface area contributed by atoms with Crippen LogP contribution in [0.4, 0.5) is 0 Å². The van der Waals surface area contributed by atoms with E-state index in [0.717, 1.165) is 38.8 Å². The third-order valence-corrected chi connectivity index (χ3v) is 6.17. The van der Waals surface area contributed by atoms with Crippen LogP contribution in [0.25, 0.3) is 0 Å². The van der Waals surface area contributed by atoms with Gasteiger partial charge in [-0.1, -0.05) is 19.1 Å². The summed E-state index contributed by atoms with van der Waals surface area (Å²) in [4.78, 5) is 2.67. The van der Waals surface area contributed by atoms with Crippen LogP contribution in [0, 0.1) is 5.92 Å². The third-order valence-electron chi connectivity index (χ3n) is 4.37. The Morgan fingerprint density at radius 3 is 2.29 bits per heavy atom. The molecule has 0 spiro atoms. The van der Waals surface area contributed by atoms with Gasteiger partial charge >= 0.3 is 0 Å². The zero-order chi connectivity index (χ0) is 15.5. The largest absolute Gasteiger partial charge is 0.392 e. The molecule has 2 rings (SSSR count). The zero-order valence-electron chi connectivity index (χ0n) is 12.6. The first-order valence-electron chi connectivity index (χ1n) is 7.65. The molecule has 0 aromatic heterocycles. The summed E-state index contributed by atoms with van der Waals surface area (Å²) in [6.45, 7) is 5.74. The summed E-state index contributed by atoms with van der Waals surface area (Å²) < 4.78 is 29.2. The second-order valence-corrected chi connectivity index (χ2v) is 8.45. The third kappa shape index (κ3) is 5.14. The van der Waals surface area contributed by atoms with E-state index >= 15 is 0 Å². The Balaban J connectivity index is 1.80. The van der Waals surface area contributed by atoms with E-state index in [0.29, 0.717) is 30.5 Å². The van der Waals surface area contributed by atoms with Crippen molar-refractivity contribution >= 4 is 27.4 Å². The lowest BCUT2D eigenvalue weighted by Crippen LogP contribution is -2.51. The summed E-state index contributed by atoms with van der Waals surface area (Å²) in [5.74, 6) is 0.625. The van der Waals surface area contributed by atoms with Gasteiger partial charge in [0.05, 0.1) is 4.99 Å². The van der Waals surface area contributed by atoms with Gasteiger partial charge in [-0.3, -0.25) is 4.90 Å². The van der Waals surface area contributed by atoms with Crippen LogP contribution in [0.1, 0.15) is 32.6 Å². The lowest BCUT2D eigenvalue weighted by molar-refractivity contribution is 0.228. The Morgan fingerprint density at radius 1 is 1.19 bits per heavy atom. The fourth-order valence-corrected chi connectivity index (χ4v) is 4.62. The van der Waals surface area contributed by atoms with Crippen LogP contribution < -0.4 is 10.5 Å². The van der Waals surface area contributed by atoms with E-state index in [1.54, 1.807) is 4.31 Å². The molecule has 0 amide bonds. The summed E-state index contributed by atoms with van der Waals surface area (Å²) in [7, 11) is -3.33. The molecule has 0 atom stereocenters. The lowest BCUT2D eigenvalue weighted by atomic mass is 10.0. The molecular weight excluding hydrogens is 308 g/mol. The van der Waals surface area contributed by atoms with Crippen LogP contribution >= 0.6 is 12.2 Å². The van der Waals surface area contributed by atoms with Crippen LogP contribution in [0.2, 0.25) is 0 Å². The number of piperidine rings is 2. The van der Waals surface area contributed by atoms with Crippen molar-refractivity contribution in [1.82, 2.24) is 13.9 Å². The van der Waals surface area contributed by atoms with Gasteiger partial charge in [-0.2, -0.15) is 17.4 Å². The van der Waals surface area contributed by atoms with Gasteiger partial charge in [0.1, 0.15) is 0 Å². The Bertz CT molecular complexity index is 453. The highest BCUT2D eigenvalue weighted by molar-refractivity contribution is 7.87. The number of nitrogens with two attached hydrogens (primary N) is 1. The smallest absolute Gasteiger partial charge is 0.279 e. The SMILES string of the molecule is CC1CCN(S(=O)(=O)NC2CCN(CC(N)=S)CC2)CC1. The zero-order valence-corrected chi connectivity index (χ0v) is 14.3. The van der Waals surface area contributed by atoms with Crippen molar-refractivity contribution in [3.8, 4) is 0 Å². The predicted octanol–water partition coefficient (Wildman–Crippen LogP) is 0.303. The molecule has 0 radical (unpaired) electrons. The highest BCUT2D eigenvalue weighted by Crippen LogP contribution is 2.19. The first-order valence-corrected chi connectivity index (χ1v) is 9.49. The second kappa shape index (κ2) is 7.32. The molecule has 2 saturated heterocycles. The molecular formula is C13H26N4O2S2. The summed E-state index contributed by atoms with van der Waals surface area (Å²) in [5, 5.41) is 0. The number of hydrogen-bond acceptors (Lipinski definition) is 4. The molecule has 3 N–H and O–H groups in total. The van der Waals surface area contributed by atoms with Crippen LogP contribution in [-0.2, 0) is 10.2 Å². The maximum Gasteiger partial charge on any atom is 0.279 e. The first-order chi connectivity index (χ1) is 9.87. The van der Waals surface area contributed by atoms with Gasteiger partial charge in [-0.25, -0.2) is 0 Å². The quantitative estimate of drug-likeness (QED) is 0.707. The second-order valence-electron chi connectivity index (χ2n) is 6.22. The van der Waals surface area contributed by atoms with E-state index in [-0.39, 0.29) is 6.04 Å². The van der Waals surface area contributed by atoms with Gasteiger partial charge < -0.3 is 5.73 Å². The maximum atomic E-state index is 12.4. The topological polar surface area (TPSA) is 78.7 Å². The minimum atomic E-state index is -3.33. The van der Waals surface area contributed by atoms with Crippen molar-refractivity contribution in [3.63, 3.8) is 0 Å². The minimum absolute atomic E-state index is 0.0249. The molecule has 21 heavy (non-hydrogen) atoms. The van der Waals surface area contributed by atoms with Crippen molar-refractivity contribution < 1.29 is 8.42 Å². The molecule has 6 nitrogen and oxygen atoms in total. The Kier molecular flexibility index (Phi) is 5.96. The molecule has 0 unspecified atom stereocenters. The van der Waals surface area contributed by atoms with E-state index in [1.165, 1.54) is 0 Å². The molecule has 0 aliphatic carbocycles. The summed E-state index contributed by atoms with van der Waals surface area (Å²) in [6, 6.07) is 0.0249. The highest BCUT2D eigenvalue weighted by atomic mass is 32.2.